The van der Waals surface area contributed by atoms with Gasteiger partial charge in [0.1, 0.15) is 0 Å². The van der Waals surface area contributed by atoms with E-state index in [1.165, 1.54) is 36.7 Å². The Morgan fingerprint density at radius 1 is 1.16 bits per heavy atom. The van der Waals surface area contributed by atoms with Crippen molar-refractivity contribution in [3.05, 3.63) is 47.2 Å². The Bertz CT molecular complexity index is 708. The number of benzene rings is 1. The molecule has 5 nitrogen and oxygen atoms in total. The lowest BCUT2D eigenvalue weighted by Gasteiger charge is -2.07. The summed E-state index contributed by atoms with van der Waals surface area (Å²) in [5, 5.41) is -0.327. The minimum absolute atomic E-state index is 0.0334. The SMILES string of the molecule is O=C(Cl)c1c[nH]cc1NS(=O)(=O)c1ccc(Cl)cc1. The molecular weight excluding hydrogens is 311 g/mol. The standard InChI is InChI=1S/C11H8Cl2N2O3S/c12-7-1-3-8(4-2-7)19(17,18)15-10-6-14-5-9(10)11(13)16/h1-6,14-15H. The highest BCUT2D eigenvalue weighted by atomic mass is 35.5. The zero-order valence-corrected chi connectivity index (χ0v) is 11.7. The van der Waals surface area contributed by atoms with Crippen LogP contribution >= 0.6 is 23.2 Å². The fourth-order valence-electron chi connectivity index (χ4n) is 1.43. The van der Waals surface area contributed by atoms with Gasteiger partial charge in [0.2, 0.25) is 0 Å². The van der Waals surface area contributed by atoms with Crippen LogP contribution < -0.4 is 4.72 Å². The molecule has 0 saturated heterocycles. The molecule has 19 heavy (non-hydrogen) atoms. The first-order valence-corrected chi connectivity index (χ1v) is 7.29. The van der Waals surface area contributed by atoms with Crippen molar-refractivity contribution >= 4 is 44.2 Å². The largest absolute Gasteiger partial charge is 0.365 e. The molecule has 1 aromatic carbocycles. The monoisotopic (exact) mass is 318 g/mol. The third-order valence-corrected chi connectivity index (χ3v) is 4.16. The summed E-state index contributed by atoms with van der Waals surface area (Å²) in [7, 11) is -3.80. The first-order chi connectivity index (χ1) is 8.90. The zero-order valence-electron chi connectivity index (χ0n) is 9.35. The number of rotatable bonds is 4. The van der Waals surface area contributed by atoms with Gasteiger partial charge in [-0.05, 0) is 35.9 Å². The fraction of sp³-hybridized carbons (Fsp3) is 0. The molecule has 8 heteroatoms. The van der Waals surface area contributed by atoms with Gasteiger partial charge >= 0.3 is 0 Å². The van der Waals surface area contributed by atoms with Crippen molar-refractivity contribution < 1.29 is 13.2 Å². The molecule has 0 bridgehead atoms. The normalized spacial score (nSPS) is 11.3. The summed E-state index contributed by atoms with van der Waals surface area (Å²) in [5.74, 6) is 0. The molecule has 100 valence electrons. The Kier molecular flexibility index (Phi) is 3.84. The Morgan fingerprint density at radius 3 is 2.37 bits per heavy atom. The van der Waals surface area contributed by atoms with Gasteiger partial charge in [-0.25, -0.2) is 8.42 Å². The van der Waals surface area contributed by atoms with E-state index in [1.807, 2.05) is 0 Å². The van der Waals surface area contributed by atoms with E-state index in [1.54, 1.807) is 0 Å². The topological polar surface area (TPSA) is 79.0 Å². The van der Waals surface area contributed by atoms with E-state index in [0.29, 0.717) is 5.02 Å². The number of H-pyrrole nitrogens is 1. The molecule has 0 amide bonds. The molecule has 1 aromatic heterocycles. The molecule has 2 N–H and O–H groups in total. The van der Waals surface area contributed by atoms with Gasteiger partial charge in [-0.3, -0.25) is 9.52 Å². The van der Waals surface area contributed by atoms with Crippen molar-refractivity contribution in [2.24, 2.45) is 0 Å². The fourth-order valence-corrected chi connectivity index (χ4v) is 2.78. The first-order valence-electron chi connectivity index (χ1n) is 5.05. The molecule has 0 atom stereocenters. The van der Waals surface area contributed by atoms with Crippen LogP contribution in [0.15, 0.2) is 41.6 Å². The van der Waals surface area contributed by atoms with E-state index in [4.69, 9.17) is 23.2 Å². The number of aromatic nitrogens is 1. The number of aromatic amines is 1. The van der Waals surface area contributed by atoms with Crippen molar-refractivity contribution in [1.29, 1.82) is 0 Å². The smallest absolute Gasteiger partial charge is 0.261 e. The van der Waals surface area contributed by atoms with Crippen molar-refractivity contribution in [1.82, 2.24) is 4.98 Å². The van der Waals surface area contributed by atoms with Crippen LogP contribution in [0.25, 0.3) is 0 Å². The van der Waals surface area contributed by atoms with E-state index in [2.05, 4.69) is 9.71 Å². The van der Waals surface area contributed by atoms with Gasteiger partial charge in [0, 0.05) is 17.4 Å². The quantitative estimate of drug-likeness (QED) is 0.851. The lowest BCUT2D eigenvalue weighted by atomic mass is 10.3. The average Bonchev–Trinajstić information content (AvgIpc) is 2.77. The van der Waals surface area contributed by atoms with Crippen molar-refractivity contribution in [3.63, 3.8) is 0 Å². The molecule has 0 fully saturated rings. The average molecular weight is 319 g/mol. The summed E-state index contributed by atoms with van der Waals surface area (Å²) in [4.78, 5) is 13.7. The van der Waals surface area contributed by atoms with Gasteiger partial charge < -0.3 is 4.98 Å². The van der Waals surface area contributed by atoms with Crippen molar-refractivity contribution in [2.45, 2.75) is 4.90 Å². The number of sulfonamides is 1. The molecule has 1 heterocycles. The molecule has 0 aliphatic heterocycles. The highest BCUT2D eigenvalue weighted by Gasteiger charge is 2.18. The highest BCUT2D eigenvalue weighted by Crippen LogP contribution is 2.22. The third-order valence-electron chi connectivity index (χ3n) is 2.33. The second-order valence-corrected chi connectivity index (χ2v) is 6.08. The van der Waals surface area contributed by atoms with Gasteiger partial charge in [-0.15, -0.1) is 0 Å². The van der Waals surface area contributed by atoms with Gasteiger partial charge in [0.25, 0.3) is 15.3 Å². The van der Waals surface area contributed by atoms with E-state index in [0.717, 1.165) is 0 Å². The van der Waals surface area contributed by atoms with Gasteiger partial charge in [-0.1, -0.05) is 11.6 Å². The van der Waals surface area contributed by atoms with Crippen LogP contribution in [0.5, 0.6) is 0 Å². The second kappa shape index (κ2) is 5.24. The predicted octanol–water partition coefficient (Wildman–Crippen LogP) is 2.85. The van der Waals surface area contributed by atoms with Gasteiger partial charge in [0.15, 0.2) is 0 Å². The maximum atomic E-state index is 12.1. The van der Waals surface area contributed by atoms with Crippen molar-refractivity contribution in [2.75, 3.05) is 4.72 Å². The Hall–Kier alpha value is -1.50. The van der Waals surface area contributed by atoms with Crippen LogP contribution in [-0.2, 0) is 10.0 Å². The Labute approximate surface area is 119 Å². The van der Waals surface area contributed by atoms with Gasteiger partial charge in [-0.2, -0.15) is 0 Å². The lowest BCUT2D eigenvalue weighted by Crippen LogP contribution is -2.13. The molecule has 0 radical (unpaired) electrons. The summed E-state index contributed by atoms with van der Waals surface area (Å²) in [6.45, 7) is 0. The highest BCUT2D eigenvalue weighted by molar-refractivity contribution is 7.92. The number of carbonyl (C=O) groups excluding carboxylic acids is 1. The van der Waals surface area contributed by atoms with E-state index in [9.17, 15) is 13.2 Å². The Morgan fingerprint density at radius 2 is 1.79 bits per heavy atom. The maximum Gasteiger partial charge on any atom is 0.261 e. The summed E-state index contributed by atoms with van der Waals surface area (Å²) in [6, 6.07) is 5.64. The molecule has 0 spiro atoms. The summed E-state index contributed by atoms with van der Waals surface area (Å²) in [5.41, 5.74) is 0.147. The van der Waals surface area contributed by atoms with E-state index < -0.39 is 15.3 Å². The number of nitrogens with one attached hydrogen (secondary N) is 2. The van der Waals surface area contributed by atoms with Crippen LogP contribution in [0.4, 0.5) is 5.69 Å². The van der Waals surface area contributed by atoms with Gasteiger partial charge in [0.05, 0.1) is 16.1 Å². The van der Waals surface area contributed by atoms with Crippen LogP contribution in [0.2, 0.25) is 5.02 Å². The number of hydrogen-bond acceptors (Lipinski definition) is 3. The molecular formula is C11H8Cl2N2O3S. The predicted molar refractivity (Wildman–Crippen MR) is 73.2 cm³/mol. The molecule has 0 aliphatic rings. The third kappa shape index (κ3) is 3.09. The molecule has 2 aromatic rings. The minimum atomic E-state index is -3.80. The molecule has 0 aliphatic carbocycles. The summed E-state index contributed by atoms with van der Waals surface area (Å²) >= 11 is 11.0. The second-order valence-electron chi connectivity index (χ2n) is 3.62. The first kappa shape index (κ1) is 13.9. The molecule has 0 unspecified atom stereocenters. The van der Waals surface area contributed by atoms with Crippen LogP contribution in [-0.4, -0.2) is 18.6 Å². The minimum Gasteiger partial charge on any atom is -0.365 e. The van der Waals surface area contributed by atoms with Crippen LogP contribution in [0.1, 0.15) is 10.4 Å². The lowest BCUT2D eigenvalue weighted by molar-refractivity contribution is 0.108. The number of halogens is 2. The van der Waals surface area contributed by atoms with E-state index in [-0.39, 0.29) is 16.1 Å². The summed E-state index contributed by atoms with van der Waals surface area (Å²) in [6.07, 6.45) is 2.65. The summed E-state index contributed by atoms with van der Waals surface area (Å²) < 4.78 is 26.4. The molecule has 2 rings (SSSR count). The van der Waals surface area contributed by atoms with Crippen molar-refractivity contribution in [3.8, 4) is 0 Å². The van der Waals surface area contributed by atoms with E-state index >= 15 is 0 Å². The maximum absolute atomic E-state index is 12.1. The zero-order chi connectivity index (χ0) is 14.0. The van der Waals surface area contributed by atoms with Crippen LogP contribution in [0.3, 0.4) is 0 Å². The molecule has 0 saturated carbocycles. The van der Waals surface area contributed by atoms with Crippen LogP contribution in [0, 0.1) is 0 Å². The Balaban J connectivity index is 2.34. The number of carbonyl (C=O) groups is 1. The number of hydrogen-bond donors (Lipinski definition) is 2. The number of anilines is 1.